The Morgan fingerprint density at radius 1 is 0.889 bits per heavy atom. The van der Waals surface area contributed by atoms with Crippen LogP contribution in [0.4, 0.5) is 0 Å². The van der Waals surface area contributed by atoms with Crippen LogP contribution in [-0.2, 0) is 11.1 Å². The van der Waals surface area contributed by atoms with Crippen LogP contribution in [0.5, 0.6) is 0 Å². The molecule has 4 aromatic rings. The van der Waals surface area contributed by atoms with E-state index in [-0.39, 0.29) is 0 Å². The van der Waals surface area contributed by atoms with Crippen molar-refractivity contribution in [3.05, 3.63) is 71.4 Å². The Kier molecular flexibility index (Phi) is 6.10. The summed E-state index contributed by atoms with van der Waals surface area (Å²) in [5, 5.41) is 23.1. The topological polar surface area (TPSA) is 92.3 Å². The second-order valence-corrected chi connectivity index (χ2v) is 13.6. The van der Waals surface area contributed by atoms with E-state index in [1.165, 1.54) is 0 Å². The minimum atomic E-state index is -0.823. The van der Waals surface area contributed by atoms with Crippen molar-refractivity contribution in [3.63, 3.8) is 0 Å². The molecule has 4 N–H and O–H groups in total. The molecule has 8 heteroatoms. The quantitative estimate of drug-likeness (QED) is 0.290. The molecule has 6 rings (SSSR count). The average molecular weight is 536 g/mol. The fourth-order valence-electron chi connectivity index (χ4n) is 5.39. The molecule has 2 fully saturated rings. The van der Waals surface area contributed by atoms with Gasteiger partial charge in [0.15, 0.2) is 0 Å². The van der Waals surface area contributed by atoms with Gasteiger partial charge in [-0.2, -0.15) is 11.8 Å². The third kappa shape index (κ3) is 4.44. The lowest BCUT2D eigenvalue weighted by Gasteiger charge is -2.49. The van der Waals surface area contributed by atoms with Gasteiger partial charge in [-0.25, -0.2) is 9.97 Å². The summed E-state index contributed by atoms with van der Waals surface area (Å²) in [6.07, 6.45) is 4.48. The van der Waals surface area contributed by atoms with E-state index in [2.05, 4.69) is 41.4 Å². The molecule has 0 unspecified atom stereocenters. The Labute approximate surface area is 223 Å². The zero-order valence-corrected chi connectivity index (χ0v) is 22.6. The van der Waals surface area contributed by atoms with Crippen LogP contribution in [0.25, 0.3) is 31.6 Å². The molecule has 2 aromatic heterocycles. The maximum atomic E-state index is 11.2. The van der Waals surface area contributed by atoms with Crippen LogP contribution in [0, 0.1) is 0 Å². The fraction of sp³-hybridized carbons (Fsp3) is 0.357. The van der Waals surface area contributed by atoms with E-state index in [0.717, 1.165) is 66.5 Å². The number of hydrogen-bond acceptors (Lipinski definition) is 8. The summed E-state index contributed by atoms with van der Waals surface area (Å²) in [6, 6.07) is 18.6. The Morgan fingerprint density at radius 3 is 2.25 bits per heavy atom. The Bertz CT molecular complexity index is 1360. The third-order valence-corrected chi connectivity index (χ3v) is 10.7. The number of thiazole rings is 2. The molecule has 5 nitrogen and oxygen atoms in total. The van der Waals surface area contributed by atoms with Gasteiger partial charge in [-0.3, -0.25) is 0 Å². The van der Waals surface area contributed by atoms with Gasteiger partial charge < -0.3 is 15.9 Å². The van der Waals surface area contributed by atoms with Gasteiger partial charge in [0.25, 0.3) is 0 Å². The van der Waals surface area contributed by atoms with Crippen molar-refractivity contribution >= 4 is 34.4 Å². The highest BCUT2D eigenvalue weighted by molar-refractivity contribution is 7.99. The smallest absolute Gasteiger partial charge is 0.136 e. The van der Waals surface area contributed by atoms with Gasteiger partial charge in [0.1, 0.15) is 15.6 Å². The fourth-order valence-corrected chi connectivity index (χ4v) is 8.75. The standard InChI is InChI=1S/C28H29N3O2S3/c1-26(32)16-27(29,17-26)20-9-7-18(8-10-20)22-23(19-5-3-2-4-6-19)36-24(31-22)21-15-30-25(35-21)28(33)11-13-34-14-12-28/h2-10,15,32-33H,11-14,16-17,29H2,1H3/t26-,27-. The predicted molar refractivity (Wildman–Crippen MR) is 150 cm³/mol. The van der Waals surface area contributed by atoms with Crippen LogP contribution < -0.4 is 5.73 Å². The molecule has 2 aliphatic rings. The van der Waals surface area contributed by atoms with E-state index >= 15 is 0 Å². The summed E-state index contributed by atoms with van der Waals surface area (Å²) in [4.78, 5) is 11.8. The van der Waals surface area contributed by atoms with Crippen molar-refractivity contribution in [1.29, 1.82) is 0 Å². The first kappa shape index (κ1) is 24.3. The molecule has 0 radical (unpaired) electrons. The van der Waals surface area contributed by atoms with E-state index in [4.69, 9.17) is 10.7 Å². The lowest BCUT2D eigenvalue weighted by atomic mass is 9.63. The summed E-state index contributed by atoms with van der Waals surface area (Å²) in [7, 11) is 0. The molecule has 1 saturated heterocycles. The van der Waals surface area contributed by atoms with E-state index in [1.54, 1.807) is 22.7 Å². The van der Waals surface area contributed by atoms with Crippen LogP contribution in [0.15, 0.2) is 60.8 Å². The predicted octanol–water partition coefficient (Wildman–Crippen LogP) is 6.01. The van der Waals surface area contributed by atoms with Gasteiger partial charge in [-0.05, 0) is 55.2 Å². The lowest BCUT2D eigenvalue weighted by molar-refractivity contribution is -0.0738. The number of nitrogens with zero attached hydrogens (tertiary/aromatic N) is 2. The van der Waals surface area contributed by atoms with E-state index in [0.29, 0.717) is 12.8 Å². The molecule has 1 saturated carbocycles. The first-order valence-electron chi connectivity index (χ1n) is 12.2. The molecular weight excluding hydrogens is 507 g/mol. The minimum absolute atomic E-state index is 0.478. The average Bonchev–Trinajstić information content (AvgIpc) is 3.52. The van der Waals surface area contributed by atoms with E-state index in [9.17, 15) is 10.2 Å². The molecule has 1 aliphatic carbocycles. The largest absolute Gasteiger partial charge is 0.390 e. The van der Waals surface area contributed by atoms with Crippen molar-refractivity contribution in [1.82, 2.24) is 9.97 Å². The van der Waals surface area contributed by atoms with Crippen LogP contribution in [0.1, 0.15) is 43.2 Å². The molecule has 0 bridgehead atoms. The maximum absolute atomic E-state index is 11.2. The summed E-state index contributed by atoms with van der Waals surface area (Å²) in [5.74, 6) is 1.92. The Hall–Kier alpha value is -2.07. The highest BCUT2D eigenvalue weighted by atomic mass is 32.2. The summed E-state index contributed by atoms with van der Waals surface area (Å²) < 4.78 is 0. The van der Waals surface area contributed by atoms with Crippen LogP contribution >= 0.6 is 34.4 Å². The summed E-state index contributed by atoms with van der Waals surface area (Å²) in [5.41, 5.74) is 8.71. The Balaban J connectivity index is 1.36. The highest BCUT2D eigenvalue weighted by Crippen LogP contribution is 2.48. The zero-order valence-electron chi connectivity index (χ0n) is 20.1. The lowest BCUT2D eigenvalue weighted by Crippen LogP contribution is -2.58. The van der Waals surface area contributed by atoms with Gasteiger partial charge in [0.05, 0.1) is 21.0 Å². The van der Waals surface area contributed by atoms with Crippen molar-refractivity contribution < 1.29 is 10.2 Å². The number of nitrogens with two attached hydrogens (primary N) is 1. The van der Waals surface area contributed by atoms with Gasteiger partial charge in [0.2, 0.25) is 0 Å². The maximum Gasteiger partial charge on any atom is 0.136 e. The summed E-state index contributed by atoms with van der Waals surface area (Å²) >= 11 is 5.11. The molecule has 0 atom stereocenters. The molecule has 1 aliphatic heterocycles. The van der Waals surface area contributed by atoms with Gasteiger partial charge in [-0.1, -0.05) is 54.6 Å². The number of rotatable bonds is 5. The van der Waals surface area contributed by atoms with E-state index < -0.39 is 16.7 Å². The van der Waals surface area contributed by atoms with Crippen LogP contribution in [0.2, 0.25) is 0 Å². The van der Waals surface area contributed by atoms with Gasteiger partial charge in [0, 0.05) is 17.3 Å². The number of hydrogen-bond donors (Lipinski definition) is 3. The molecule has 186 valence electrons. The first-order valence-corrected chi connectivity index (χ1v) is 15.0. The molecular formula is C28H29N3O2S3. The van der Waals surface area contributed by atoms with Crippen LogP contribution in [0.3, 0.4) is 0 Å². The highest BCUT2D eigenvalue weighted by Gasteiger charge is 2.49. The van der Waals surface area contributed by atoms with Crippen molar-refractivity contribution in [3.8, 4) is 31.6 Å². The molecule has 36 heavy (non-hydrogen) atoms. The minimum Gasteiger partial charge on any atom is -0.390 e. The zero-order chi connectivity index (χ0) is 25.0. The number of aromatic nitrogens is 2. The third-order valence-electron chi connectivity index (χ3n) is 7.22. The molecule has 0 amide bonds. The van der Waals surface area contributed by atoms with Gasteiger partial charge >= 0.3 is 0 Å². The Morgan fingerprint density at radius 2 is 1.58 bits per heavy atom. The monoisotopic (exact) mass is 535 g/mol. The van der Waals surface area contributed by atoms with Crippen molar-refractivity contribution in [2.24, 2.45) is 5.73 Å². The molecule has 2 aromatic carbocycles. The SMILES string of the molecule is C[C@]1(O)C[C@@](N)(c2ccc(-c3nc(-c4cnc(C5(O)CCSCC5)s4)sc3-c3ccccc3)cc2)C1. The van der Waals surface area contributed by atoms with Crippen molar-refractivity contribution in [2.75, 3.05) is 11.5 Å². The first-order chi connectivity index (χ1) is 17.2. The molecule has 3 heterocycles. The second-order valence-electron chi connectivity index (χ2n) is 10.3. The van der Waals surface area contributed by atoms with Crippen molar-refractivity contribution in [2.45, 2.75) is 49.3 Å². The van der Waals surface area contributed by atoms with E-state index in [1.807, 2.05) is 43.1 Å². The van der Waals surface area contributed by atoms with Crippen LogP contribution in [-0.4, -0.2) is 37.3 Å². The number of thioether (sulfide) groups is 1. The summed E-state index contributed by atoms with van der Waals surface area (Å²) in [6.45, 7) is 1.84. The second kappa shape index (κ2) is 9.04. The normalized spacial score (nSPS) is 25.4. The molecule has 0 spiro atoms. The number of benzene rings is 2. The van der Waals surface area contributed by atoms with Gasteiger partial charge in [-0.15, -0.1) is 22.7 Å². The number of aliphatic hydroxyl groups is 2.